The minimum atomic E-state index is 0. The maximum atomic E-state index is 3.07. The molecule has 0 aromatic rings. The number of allylic oxidation sites excluding steroid dienone is 2. The second kappa shape index (κ2) is 9.60. The van der Waals surface area contributed by atoms with Crippen molar-refractivity contribution in [1.29, 1.82) is 0 Å². The molecule has 7 heavy (non-hydrogen) atoms. The van der Waals surface area contributed by atoms with Crippen LogP contribution in [-0.2, 0) is 0 Å². The quantitative estimate of drug-likeness (QED) is 0.306. The van der Waals surface area contributed by atoms with E-state index in [2.05, 4.69) is 26.0 Å². The molecule has 0 amide bonds. The summed E-state index contributed by atoms with van der Waals surface area (Å²) in [6, 6.07) is 0. The zero-order valence-electron chi connectivity index (χ0n) is 5.49. The van der Waals surface area contributed by atoms with Crippen molar-refractivity contribution in [3.63, 3.8) is 0 Å². The normalized spacial score (nSPS) is 8.86. The molecule has 0 rings (SSSR count). The summed E-state index contributed by atoms with van der Waals surface area (Å²) in [4.78, 5) is 0. The molecule has 0 unspecified atom stereocenters. The van der Waals surface area contributed by atoms with Crippen molar-refractivity contribution in [3.05, 3.63) is 12.2 Å². The molecule has 0 atom stereocenters. The molecule has 0 bridgehead atoms. The predicted octanol–water partition coefficient (Wildman–Crippen LogP) is -0.830. The van der Waals surface area contributed by atoms with Crippen LogP contribution in [0, 0.1) is 6.08 Å². The first-order valence-corrected chi connectivity index (χ1v) is 2.46. The standard InChI is InChI=1S/C6H11.Li/c1-3-5-6-4-2;/h5H,3-4H2,1-2H3;/q-1;+1. The molecule has 0 heterocycles. The van der Waals surface area contributed by atoms with Crippen LogP contribution in [-0.4, -0.2) is 0 Å². The van der Waals surface area contributed by atoms with Crippen LogP contribution in [0.3, 0.4) is 0 Å². The maximum Gasteiger partial charge on any atom is 1.00 e. The van der Waals surface area contributed by atoms with E-state index < -0.39 is 0 Å². The third-order valence-corrected chi connectivity index (χ3v) is 0.553. The van der Waals surface area contributed by atoms with Crippen LogP contribution >= 0.6 is 0 Å². The molecule has 0 aliphatic carbocycles. The van der Waals surface area contributed by atoms with Crippen LogP contribution in [0.4, 0.5) is 0 Å². The molecule has 0 aromatic heterocycles. The summed E-state index contributed by atoms with van der Waals surface area (Å²) in [7, 11) is 0. The van der Waals surface area contributed by atoms with Crippen LogP contribution in [0.5, 0.6) is 0 Å². The molecule has 1 heteroatoms. The molecule has 0 radical (unpaired) electrons. The van der Waals surface area contributed by atoms with E-state index in [-0.39, 0.29) is 18.9 Å². The Morgan fingerprint density at radius 1 is 1.43 bits per heavy atom. The van der Waals surface area contributed by atoms with Crippen LogP contribution in [0.2, 0.25) is 0 Å². The Kier molecular flexibility index (Phi) is 14.2. The van der Waals surface area contributed by atoms with E-state index in [4.69, 9.17) is 0 Å². The molecule has 0 saturated heterocycles. The van der Waals surface area contributed by atoms with Gasteiger partial charge in [-0.25, -0.2) is 0 Å². The van der Waals surface area contributed by atoms with Crippen molar-refractivity contribution in [3.8, 4) is 0 Å². The molecule has 0 aliphatic heterocycles. The summed E-state index contributed by atoms with van der Waals surface area (Å²) in [5, 5.41) is 0. The van der Waals surface area contributed by atoms with Crippen molar-refractivity contribution in [2.45, 2.75) is 26.7 Å². The summed E-state index contributed by atoms with van der Waals surface area (Å²) < 4.78 is 0. The Morgan fingerprint density at radius 3 is 2.14 bits per heavy atom. The predicted molar refractivity (Wildman–Crippen MR) is 28.4 cm³/mol. The van der Waals surface area contributed by atoms with Crippen molar-refractivity contribution >= 4 is 0 Å². The van der Waals surface area contributed by atoms with Gasteiger partial charge in [-0.1, -0.05) is 20.3 Å². The molecular formula is C6H11Li. The van der Waals surface area contributed by atoms with Gasteiger partial charge in [-0.2, -0.15) is 6.42 Å². The van der Waals surface area contributed by atoms with Gasteiger partial charge in [-0.3, -0.25) is 6.08 Å². The number of hydrogen-bond acceptors (Lipinski definition) is 0. The van der Waals surface area contributed by atoms with E-state index in [0.29, 0.717) is 0 Å². The van der Waals surface area contributed by atoms with Gasteiger partial charge in [0.2, 0.25) is 0 Å². The summed E-state index contributed by atoms with van der Waals surface area (Å²) >= 11 is 0. The van der Waals surface area contributed by atoms with Gasteiger partial charge in [0, 0.05) is 0 Å². The van der Waals surface area contributed by atoms with Gasteiger partial charge >= 0.3 is 18.9 Å². The summed E-state index contributed by atoms with van der Waals surface area (Å²) in [5.41, 5.74) is 0. The van der Waals surface area contributed by atoms with E-state index in [0.717, 1.165) is 12.8 Å². The SMILES string of the molecule is CC[C-]=CCC.[Li+]. The molecule has 0 saturated carbocycles. The fourth-order valence-corrected chi connectivity index (χ4v) is 0.289. The van der Waals surface area contributed by atoms with Crippen LogP contribution in [0.25, 0.3) is 0 Å². The molecule has 0 nitrogen and oxygen atoms in total. The van der Waals surface area contributed by atoms with Crippen molar-refractivity contribution in [1.82, 2.24) is 0 Å². The second-order valence-electron chi connectivity index (χ2n) is 1.17. The summed E-state index contributed by atoms with van der Waals surface area (Å²) in [6.45, 7) is 4.20. The minimum absolute atomic E-state index is 0. The molecule has 0 fully saturated rings. The van der Waals surface area contributed by atoms with Gasteiger partial charge in [0.15, 0.2) is 0 Å². The summed E-state index contributed by atoms with van der Waals surface area (Å²) in [6.07, 6.45) is 7.30. The Hall–Kier alpha value is 0.337. The summed E-state index contributed by atoms with van der Waals surface area (Å²) in [5.74, 6) is 0. The zero-order chi connectivity index (χ0) is 4.83. The van der Waals surface area contributed by atoms with E-state index in [1.54, 1.807) is 0 Å². The largest absolute Gasteiger partial charge is 1.00 e. The maximum absolute atomic E-state index is 3.07. The van der Waals surface area contributed by atoms with Crippen LogP contribution in [0.1, 0.15) is 26.7 Å². The fraction of sp³-hybridized carbons (Fsp3) is 0.667. The first kappa shape index (κ1) is 10.3. The average Bonchev–Trinajstić information content (AvgIpc) is 1.61. The van der Waals surface area contributed by atoms with E-state index in [9.17, 15) is 0 Å². The first-order chi connectivity index (χ1) is 2.91. The molecule has 0 spiro atoms. The van der Waals surface area contributed by atoms with Crippen LogP contribution in [0.15, 0.2) is 6.08 Å². The molecular weight excluding hydrogens is 79.0 g/mol. The van der Waals surface area contributed by atoms with Crippen molar-refractivity contribution < 1.29 is 18.9 Å². The smallest absolute Gasteiger partial charge is 0.501 e. The third-order valence-electron chi connectivity index (χ3n) is 0.553. The molecule has 0 aliphatic rings. The molecule has 0 aromatic carbocycles. The molecule has 36 valence electrons. The van der Waals surface area contributed by atoms with E-state index >= 15 is 0 Å². The van der Waals surface area contributed by atoms with Crippen LogP contribution < -0.4 is 18.9 Å². The van der Waals surface area contributed by atoms with Crippen molar-refractivity contribution in [2.75, 3.05) is 0 Å². The van der Waals surface area contributed by atoms with Gasteiger partial charge < -0.3 is 6.08 Å². The number of hydrogen-bond donors (Lipinski definition) is 0. The van der Waals surface area contributed by atoms with Crippen molar-refractivity contribution in [2.24, 2.45) is 0 Å². The third kappa shape index (κ3) is 10.7. The monoisotopic (exact) mass is 90.1 g/mol. The van der Waals surface area contributed by atoms with Gasteiger partial charge in [-0.15, -0.1) is 0 Å². The zero-order valence-corrected chi connectivity index (χ0v) is 5.49. The van der Waals surface area contributed by atoms with E-state index in [1.807, 2.05) is 0 Å². The Morgan fingerprint density at radius 2 is 2.00 bits per heavy atom. The van der Waals surface area contributed by atoms with E-state index in [1.165, 1.54) is 0 Å². The molecule has 0 N–H and O–H groups in total. The topological polar surface area (TPSA) is 0 Å². The Balaban J connectivity index is 0. The average molecular weight is 90.1 g/mol. The fourth-order valence-electron chi connectivity index (χ4n) is 0.289. The first-order valence-electron chi connectivity index (χ1n) is 2.46. The van der Waals surface area contributed by atoms with Gasteiger partial charge in [0.25, 0.3) is 0 Å². The van der Waals surface area contributed by atoms with Gasteiger partial charge in [0.1, 0.15) is 0 Å². The Labute approximate surface area is 58.2 Å². The van der Waals surface area contributed by atoms with Gasteiger partial charge in [0.05, 0.1) is 0 Å². The Bertz CT molecular complexity index is 33.4. The minimum Gasteiger partial charge on any atom is -0.501 e. The van der Waals surface area contributed by atoms with Gasteiger partial charge in [-0.05, 0) is 0 Å². The second-order valence-corrected chi connectivity index (χ2v) is 1.17. The number of rotatable bonds is 2.